The number of carbonyl (C=O) groups is 4. The summed E-state index contributed by atoms with van der Waals surface area (Å²) in [5.41, 5.74) is -8.05. The van der Waals surface area contributed by atoms with Crippen LogP contribution in [0.25, 0.3) is 0 Å². The Balaban J connectivity index is 3.47. The molecule has 0 unspecified atom stereocenters. The first-order valence-electron chi connectivity index (χ1n) is 4.32. The molecule has 0 aliphatic heterocycles. The van der Waals surface area contributed by atoms with Crippen molar-refractivity contribution in [1.82, 2.24) is 0 Å². The minimum absolute atomic E-state index is 2.39. The van der Waals surface area contributed by atoms with Gasteiger partial charge in [-0.15, -0.1) is 0 Å². The highest BCUT2D eigenvalue weighted by atomic mass is 19.2. The van der Waals surface area contributed by atoms with Crippen LogP contribution in [0.5, 0.6) is 0 Å². The molecule has 0 aromatic heterocycles. The van der Waals surface area contributed by atoms with E-state index in [4.69, 9.17) is 20.4 Å². The highest BCUT2D eigenvalue weighted by molar-refractivity contribution is 6.04. The van der Waals surface area contributed by atoms with Crippen molar-refractivity contribution in [2.24, 2.45) is 11.8 Å². The summed E-state index contributed by atoms with van der Waals surface area (Å²) in [7, 11) is 0. The standard InChI is InChI=1S/C8H6F2O8/c9-7(5(15)16)1(3(11)12)8(10,6(17)18)2(7)4(13)14/h1-2H,(H,11,12)(H,13,14)(H,15,16)(H,17,18). The maximum Gasteiger partial charge on any atom is 0.343 e. The van der Waals surface area contributed by atoms with Crippen LogP contribution in [0.15, 0.2) is 0 Å². The van der Waals surface area contributed by atoms with Crippen LogP contribution in [0.4, 0.5) is 8.78 Å². The van der Waals surface area contributed by atoms with Crippen molar-refractivity contribution in [2.45, 2.75) is 11.3 Å². The lowest BCUT2D eigenvalue weighted by Crippen LogP contribution is -2.79. The predicted molar refractivity (Wildman–Crippen MR) is 45.2 cm³/mol. The summed E-state index contributed by atoms with van der Waals surface area (Å²) in [6.07, 6.45) is 0. The zero-order valence-corrected chi connectivity index (χ0v) is 8.33. The van der Waals surface area contributed by atoms with E-state index >= 15 is 0 Å². The van der Waals surface area contributed by atoms with Crippen molar-refractivity contribution >= 4 is 23.9 Å². The molecule has 0 amide bonds. The van der Waals surface area contributed by atoms with Crippen molar-refractivity contribution in [2.75, 3.05) is 0 Å². The van der Waals surface area contributed by atoms with Gasteiger partial charge in [-0.3, -0.25) is 9.59 Å². The minimum Gasteiger partial charge on any atom is -0.481 e. The van der Waals surface area contributed by atoms with Crippen LogP contribution < -0.4 is 0 Å². The average molecular weight is 268 g/mol. The molecule has 1 aliphatic rings. The second kappa shape index (κ2) is 3.62. The van der Waals surface area contributed by atoms with E-state index in [1.54, 1.807) is 0 Å². The molecule has 1 saturated carbocycles. The quantitative estimate of drug-likeness (QED) is 0.506. The van der Waals surface area contributed by atoms with Crippen molar-refractivity contribution in [3.63, 3.8) is 0 Å². The summed E-state index contributed by atoms with van der Waals surface area (Å²) in [5.74, 6) is -16.1. The van der Waals surface area contributed by atoms with Gasteiger partial charge < -0.3 is 20.4 Å². The molecular formula is C8H6F2O8. The third-order valence-corrected chi connectivity index (χ3v) is 2.83. The van der Waals surface area contributed by atoms with Crippen LogP contribution in [0, 0.1) is 11.8 Å². The number of aliphatic carboxylic acids is 4. The zero-order chi connectivity index (χ0) is 14.5. The van der Waals surface area contributed by atoms with Crippen LogP contribution in [0.1, 0.15) is 0 Å². The van der Waals surface area contributed by atoms with Gasteiger partial charge in [0.25, 0.3) is 0 Å². The van der Waals surface area contributed by atoms with Gasteiger partial charge in [0.15, 0.2) is 0 Å². The van der Waals surface area contributed by atoms with Crippen LogP contribution >= 0.6 is 0 Å². The van der Waals surface area contributed by atoms with Crippen LogP contribution in [-0.2, 0) is 19.2 Å². The summed E-state index contributed by atoms with van der Waals surface area (Å²) >= 11 is 0. The monoisotopic (exact) mass is 268 g/mol. The lowest BCUT2D eigenvalue weighted by molar-refractivity contribution is -0.243. The van der Waals surface area contributed by atoms with E-state index in [-0.39, 0.29) is 0 Å². The molecule has 0 spiro atoms. The van der Waals surface area contributed by atoms with Crippen LogP contribution in [0.2, 0.25) is 0 Å². The van der Waals surface area contributed by atoms with Crippen LogP contribution in [0.3, 0.4) is 0 Å². The Kier molecular flexibility index (Phi) is 2.77. The maximum atomic E-state index is 13.9. The number of hydrogen-bond donors (Lipinski definition) is 4. The molecule has 0 saturated heterocycles. The minimum atomic E-state index is -4.02. The normalized spacial score (nSPS) is 38.6. The van der Waals surface area contributed by atoms with E-state index in [1.807, 2.05) is 0 Å². The first-order chi connectivity index (χ1) is 8.02. The molecule has 4 N–H and O–H groups in total. The van der Waals surface area contributed by atoms with E-state index in [1.165, 1.54) is 0 Å². The first-order valence-corrected chi connectivity index (χ1v) is 4.32. The summed E-state index contributed by atoms with van der Waals surface area (Å²) < 4.78 is 27.7. The Bertz CT molecular complexity index is 408. The molecule has 1 fully saturated rings. The first kappa shape index (κ1) is 13.8. The Hall–Kier alpha value is -2.26. The largest absolute Gasteiger partial charge is 0.481 e. The van der Waals surface area contributed by atoms with Crippen LogP contribution in [-0.4, -0.2) is 55.6 Å². The lowest BCUT2D eigenvalue weighted by Gasteiger charge is -2.50. The van der Waals surface area contributed by atoms with Crippen molar-refractivity contribution in [3.8, 4) is 0 Å². The topological polar surface area (TPSA) is 149 Å². The molecular weight excluding hydrogens is 262 g/mol. The van der Waals surface area contributed by atoms with E-state index in [2.05, 4.69) is 0 Å². The Morgan fingerprint density at radius 3 is 1.06 bits per heavy atom. The summed E-state index contributed by atoms with van der Waals surface area (Å²) in [6.45, 7) is 0. The number of halogens is 2. The fourth-order valence-corrected chi connectivity index (χ4v) is 2.06. The highest BCUT2D eigenvalue weighted by Gasteiger charge is 2.86. The molecule has 0 atom stereocenters. The Morgan fingerprint density at radius 2 is 0.944 bits per heavy atom. The third kappa shape index (κ3) is 1.28. The molecule has 0 bridgehead atoms. The van der Waals surface area contributed by atoms with Gasteiger partial charge in [-0.25, -0.2) is 18.4 Å². The van der Waals surface area contributed by atoms with Crippen molar-refractivity contribution in [3.05, 3.63) is 0 Å². The zero-order valence-electron chi connectivity index (χ0n) is 8.33. The smallest absolute Gasteiger partial charge is 0.343 e. The van der Waals surface area contributed by atoms with Gasteiger partial charge in [0.2, 0.25) is 11.3 Å². The van der Waals surface area contributed by atoms with Gasteiger partial charge in [-0.05, 0) is 0 Å². The Labute approximate surface area is 96.4 Å². The molecule has 0 aromatic rings. The van der Waals surface area contributed by atoms with E-state index < -0.39 is 47.1 Å². The van der Waals surface area contributed by atoms with Gasteiger partial charge in [-0.2, -0.15) is 0 Å². The second-order valence-electron chi connectivity index (χ2n) is 3.69. The lowest BCUT2D eigenvalue weighted by atomic mass is 9.52. The molecule has 10 heteroatoms. The molecule has 1 rings (SSSR count). The molecule has 100 valence electrons. The third-order valence-electron chi connectivity index (χ3n) is 2.83. The van der Waals surface area contributed by atoms with Crippen molar-refractivity contribution in [1.29, 1.82) is 0 Å². The molecule has 0 heterocycles. The van der Waals surface area contributed by atoms with Gasteiger partial charge in [0.05, 0.1) is 0 Å². The average Bonchev–Trinajstić information content (AvgIpc) is 2.13. The molecule has 8 nitrogen and oxygen atoms in total. The molecule has 1 aliphatic carbocycles. The maximum absolute atomic E-state index is 13.9. The molecule has 18 heavy (non-hydrogen) atoms. The Morgan fingerprint density at radius 1 is 0.722 bits per heavy atom. The predicted octanol–water partition coefficient (Wildman–Crippen LogP) is -1.01. The SMILES string of the molecule is O=C(O)C1C(F)(C(=O)O)C(C(=O)O)C1(F)C(=O)O. The number of carboxylic acids is 4. The number of rotatable bonds is 4. The fraction of sp³-hybridized carbons (Fsp3) is 0.500. The summed E-state index contributed by atoms with van der Waals surface area (Å²) in [6, 6.07) is 0. The summed E-state index contributed by atoms with van der Waals surface area (Å²) in [4.78, 5) is 42.3. The van der Waals surface area contributed by atoms with Gasteiger partial charge >= 0.3 is 23.9 Å². The van der Waals surface area contributed by atoms with Gasteiger partial charge in [-0.1, -0.05) is 0 Å². The van der Waals surface area contributed by atoms with Gasteiger partial charge in [0.1, 0.15) is 11.8 Å². The highest BCUT2D eigenvalue weighted by Crippen LogP contribution is 2.57. The number of carboxylic acid groups (broad SMARTS) is 4. The molecule has 0 aromatic carbocycles. The van der Waals surface area contributed by atoms with E-state index in [0.717, 1.165) is 0 Å². The van der Waals surface area contributed by atoms with E-state index in [9.17, 15) is 28.0 Å². The van der Waals surface area contributed by atoms with Gasteiger partial charge in [0, 0.05) is 0 Å². The van der Waals surface area contributed by atoms with Crippen molar-refractivity contribution < 1.29 is 48.4 Å². The number of hydrogen-bond acceptors (Lipinski definition) is 4. The number of alkyl halides is 2. The second-order valence-corrected chi connectivity index (χ2v) is 3.69. The fourth-order valence-electron chi connectivity index (χ4n) is 2.06. The molecule has 0 radical (unpaired) electrons. The van der Waals surface area contributed by atoms with E-state index in [0.29, 0.717) is 0 Å². The summed E-state index contributed by atoms with van der Waals surface area (Å²) in [5, 5.41) is 34.0.